The van der Waals surface area contributed by atoms with E-state index in [0.29, 0.717) is 0 Å². The maximum absolute atomic E-state index is 6.14. The third kappa shape index (κ3) is 5.78. The van der Waals surface area contributed by atoms with Crippen LogP contribution in [0.15, 0.2) is 18.2 Å². The van der Waals surface area contributed by atoms with Gasteiger partial charge >= 0.3 is 0 Å². The van der Waals surface area contributed by atoms with Crippen molar-refractivity contribution in [1.82, 2.24) is 4.72 Å². The molecule has 0 unspecified atom stereocenters. The number of hydrogen-bond donors (Lipinski definition) is 1. The zero-order valence-electron chi connectivity index (χ0n) is 10.6. The number of halogens is 1. The Morgan fingerprint density at radius 3 is 2.44 bits per heavy atom. The van der Waals surface area contributed by atoms with E-state index in [9.17, 15) is 0 Å². The quantitative estimate of drug-likeness (QED) is 0.608. The summed E-state index contributed by atoms with van der Waals surface area (Å²) in [6.45, 7) is 9.09. The summed E-state index contributed by atoms with van der Waals surface area (Å²) in [6.07, 6.45) is 1.04. The average Bonchev–Trinajstić information content (AvgIpc) is 2.34. The predicted octanol–water partition coefficient (Wildman–Crippen LogP) is 4.69. The first kappa shape index (κ1) is 15.8. The maximum Gasteiger partial charge on any atom is 0.0454 e. The highest BCUT2D eigenvalue weighted by atomic mass is 35.5. The summed E-state index contributed by atoms with van der Waals surface area (Å²) in [5, 5.41) is 0.869. The fourth-order valence-electron chi connectivity index (χ4n) is 1.18. The highest BCUT2D eigenvalue weighted by molar-refractivity contribution is 7.97. The molecule has 0 fully saturated rings. The molecular formula is C13H22ClNS. The van der Waals surface area contributed by atoms with Crippen LogP contribution in [-0.2, 0) is 13.0 Å². The summed E-state index contributed by atoms with van der Waals surface area (Å²) in [5.74, 6) is 1.07. The lowest BCUT2D eigenvalue weighted by Crippen LogP contribution is -2.04. The van der Waals surface area contributed by atoms with Crippen LogP contribution in [0, 0.1) is 0 Å². The first-order valence-electron chi connectivity index (χ1n) is 5.89. The van der Waals surface area contributed by atoms with Crippen molar-refractivity contribution in [3.8, 4) is 0 Å². The molecule has 0 aromatic heterocycles. The van der Waals surface area contributed by atoms with E-state index in [0.717, 1.165) is 23.7 Å². The lowest BCUT2D eigenvalue weighted by Gasteiger charge is -2.06. The Morgan fingerprint density at radius 1 is 1.25 bits per heavy atom. The van der Waals surface area contributed by atoms with Crippen molar-refractivity contribution in [2.24, 2.45) is 0 Å². The molecule has 0 saturated carbocycles. The largest absolute Gasteiger partial charge is 0.260 e. The van der Waals surface area contributed by atoms with Crippen LogP contribution in [-0.4, -0.2) is 5.75 Å². The minimum atomic E-state index is 0.835. The van der Waals surface area contributed by atoms with E-state index in [-0.39, 0.29) is 0 Å². The number of rotatable bonds is 5. The van der Waals surface area contributed by atoms with Gasteiger partial charge in [-0.05, 0) is 23.6 Å². The highest BCUT2D eigenvalue weighted by Crippen LogP contribution is 2.18. The van der Waals surface area contributed by atoms with Crippen molar-refractivity contribution >= 4 is 23.5 Å². The minimum Gasteiger partial charge on any atom is -0.260 e. The third-order valence-corrected chi connectivity index (χ3v) is 3.02. The fourth-order valence-corrected chi connectivity index (χ4v) is 1.92. The van der Waals surface area contributed by atoms with Gasteiger partial charge in [-0.2, -0.15) is 0 Å². The summed E-state index contributed by atoms with van der Waals surface area (Å²) in [5.41, 5.74) is 2.46. The van der Waals surface area contributed by atoms with Crippen molar-refractivity contribution in [3.05, 3.63) is 34.3 Å². The molecular weight excluding hydrogens is 238 g/mol. The maximum atomic E-state index is 6.14. The van der Waals surface area contributed by atoms with Gasteiger partial charge in [-0.25, -0.2) is 0 Å². The standard InChI is InChI=1S/C11H16ClNS.C2H6/c1-3-9-5-6-10(11(12)7-9)8-13-14-4-2;1-2/h5-7,13H,3-4,8H2,1-2H3;1-2H3. The summed E-state index contributed by atoms with van der Waals surface area (Å²) < 4.78 is 3.26. The van der Waals surface area contributed by atoms with Gasteiger partial charge in [0.15, 0.2) is 0 Å². The van der Waals surface area contributed by atoms with E-state index < -0.39 is 0 Å². The molecule has 0 aliphatic carbocycles. The normalized spacial score (nSPS) is 9.56. The van der Waals surface area contributed by atoms with Gasteiger partial charge in [-0.1, -0.05) is 63.4 Å². The minimum absolute atomic E-state index is 0.835. The van der Waals surface area contributed by atoms with E-state index in [4.69, 9.17) is 11.6 Å². The lowest BCUT2D eigenvalue weighted by atomic mass is 10.1. The van der Waals surface area contributed by atoms with Gasteiger partial charge in [0.1, 0.15) is 0 Å². The van der Waals surface area contributed by atoms with Crippen molar-refractivity contribution < 1.29 is 0 Å². The van der Waals surface area contributed by atoms with E-state index in [1.807, 2.05) is 13.8 Å². The number of aryl methyl sites for hydroxylation is 1. The zero-order chi connectivity index (χ0) is 12.4. The first-order valence-corrected chi connectivity index (χ1v) is 7.26. The van der Waals surface area contributed by atoms with E-state index in [2.05, 4.69) is 36.8 Å². The molecule has 16 heavy (non-hydrogen) atoms. The van der Waals surface area contributed by atoms with Crippen LogP contribution in [0.4, 0.5) is 0 Å². The number of hydrogen-bond acceptors (Lipinski definition) is 2. The van der Waals surface area contributed by atoms with Crippen LogP contribution in [0.2, 0.25) is 5.02 Å². The van der Waals surface area contributed by atoms with Gasteiger partial charge in [-0.3, -0.25) is 4.72 Å². The van der Waals surface area contributed by atoms with Gasteiger partial charge < -0.3 is 0 Å². The highest BCUT2D eigenvalue weighted by Gasteiger charge is 2.00. The first-order chi connectivity index (χ1) is 7.77. The molecule has 0 amide bonds. The van der Waals surface area contributed by atoms with Crippen LogP contribution in [0.25, 0.3) is 0 Å². The molecule has 1 nitrogen and oxygen atoms in total. The molecule has 0 aliphatic rings. The Bertz CT molecular complexity index is 289. The second kappa shape index (κ2) is 10.0. The van der Waals surface area contributed by atoms with Gasteiger partial charge in [0, 0.05) is 17.3 Å². The van der Waals surface area contributed by atoms with E-state index in [1.165, 1.54) is 11.1 Å². The fraction of sp³-hybridized carbons (Fsp3) is 0.538. The monoisotopic (exact) mass is 259 g/mol. The summed E-state index contributed by atoms with van der Waals surface area (Å²) >= 11 is 7.85. The Hall–Kier alpha value is -0.180. The Morgan fingerprint density at radius 2 is 1.94 bits per heavy atom. The molecule has 1 aromatic rings. The summed E-state index contributed by atoms with van der Waals surface area (Å²) in [6, 6.07) is 6.29. The topological polar surface area (TPSA) is 12.0 Å². The molecule has 0 aliphatic heterocycles. The molecule has 0 saturated heterocycles. The molecule has 1 N–H and O–H groups in total. The van der Waals surface area contributed by atoms with Gasteiger partial charge in [0.25, 0.3) is 0 Å². The Labute approximate surface area is 109 Å². The molecule has 0 radical (unpaired) electrons. The van der Waals surface area contributed by atoms with Gasteiger partial charge in [0.05, 0.1) is 0 Å². The smallest absolute Gasteiger partial charge is 0.0454 e. The lowest BCUT2D eigenvalue weighted by molar-refractivity contribution is 0.972. The Balaban J connectivity index is 0.00000106. The van der Waals surface area contributed by atoms with Crippen molar-refractivity contribution in [2.75, 3.05) is 5.75 Å². The van der Waals surface area contributed by atoms with E-state index in [1.54, 1.807) is 11.9 Å². The number of benzene rings is 1. The molecule has 92 valence electrons. The molecule has 1 aromatic carbocycles. The third-order valence-electron chi connectivity index (χ3n) is 2.03. The van der Waals surface area contributed by atoms with Crippen LogP contribution >= 0.6 is 23.5 Å². The van der Waals surface area contributed by atoms with Crippen molar-refractivity contribution in [2.45, 2.75) is 40.7 Å². The van der Waals surface area contributed by atoms with Crippen molar-refractivity contribution in [1.29, 1.82) is 0 Å². The SMILES string of the molecule is CC.CCSNCc1ccc(CC)cc1Cl. The summed E-state index contributed by atoms with van der Waals surface area (Å²) in [7, 11) is 0. The molecule has 3 heteroatoms. The second-order valence-electron chi connectivity index (χ2n) is 3.03. The second-order valence-corrected chi connectivity index (χ2v) is 4.60. The zero-order valence-corrected chi connectivity index (χ0v) is 12.2. The molecule has 0 heterocycles. The average molecular weight is 260 g/mol. The van der Waals surface area contributed by atoms with Crippen LogP contribution in [0.3, 0.4) is 0 Å². The van der Waals surface area contributed by atoms with Crippen LogP contribution in [0.1, 0.15) is 38.8 Å². The van der Waals surface area contributed by atoms with Gasteiger partial charge in [0.2, 0.25) is 0 Å². The van der Waals surface area contributed by atoms with Crippen LogP contribution in [0.5, 0.6) is 0 Å². The Kier molecular flexibility index (Phi) is 9.89. The summed E-state index contributed by atoms with van der Waals surface area (Å²) in [4.78, 5) is 0. The van der Waals surface area contributed by atoms with Gasteiger partial charge in [-0.15, -0.1) is 0 Å². The number of nitrogens with one attached hydrogen (secondary N) is 1. The molecule has 0 spiro atoms. The van der Waals surface area contributed by atoms with E-state index >= 15 is 0 Å². The predicted molar refractivity (Wildman–Crippen MR) is 77.1 cm³/mol. The molecule has 0 atom stereocenters. The van der Waals surface area contributed by atoms with Crippen LogP contribution < -0.4 is 4.72 Å². The van der Waals surface area contributed by atoms with Crippen molar-refractivity contribution in [3.63, 3.8) is 0 Å². The molecule has 1 rings (SSSR count). The molecule has 0 bridgehead atoms.